The number of anilines is 1. The van der Waals surface area contributed by atoms with E-state index < -0.39 is 17.9 Å². The predicted octanol–water partition coefficient (Wildman–Crippen LogP) is 1.39. The Labute approximate surface area is 139 Å². The van der Waals surface area contributed by atoms with Crippen molar-refractivity contribution in [3.63, 3.8) is 0 Å². The van der Waals surface area contributed by atoms with Gasteiger partial charge in [0.2, 0.25) is 5.91 Å². The van der Waals surface area contributed by atoms with E-state index in [9.17, 15) is 22.8 Å². The molecule has 2 amide bonds. The van der Waals surface area contributed by atoms with Gasteiger partial charge in [0.1, 0.15) is 0 Å². The van der Waals surface area contributed by atoms with Gasteiger partial charge in [-0.3, -0.25) is 9.59 Å². The number of carbonyl (C=O) groups is 2. The molecule has 0 aromatic carbocycles. The van der Waals surface area contributed by atoms with Crippen molar-refractivity contribution in [2.45, 2.75) is 44.1 Å². The minimum Gasteiger partial charge on any atom is -0.351 e. The Bertz CT molecular complexity index is 535. The van der Waals surface area contributed by atoms with E-state index in [2.05, 4.69) is 10.3 Å². The molecule has 0 aliphatic rings. The minimum atomic E-state index is -5.46. The summed E-state index contributed by atoms with van der Waals surface area (Å²) >= 11 is 1.30. The second-order valence-electron chi connectivity index (χ2n) is 4.98. The van der Waals surface area contributed by atoms with Crippen LogP contribution in [0.5, 0.6) is 0 Å². The summed E-state index contributed by atoms with van der Waals surface area (Å²) in [5.74, 6) is -6.47. The molecule has 136 valence electrons. The SMILES string of the molecule is O=C(CCCCCCNC(=O)C(O)(O)C(F)(F)F)Nc1nccs1. The summed E-state index contributed by atoms with van der Waals surface area (Å²) in [7, 11) is 0. The molecule has 7 nitrogen and oxygen atoms in total. The first-order chi connectivity index (χ1) is 11.1. The Morgan fingerprint density at radius 3 is 2.42 bits per heavy atom. The van der Waals surface area contributed by atoms with E-state index in [-0.39, 0.29) is 18.9 Å². The van der Waals surface area contributed by atoms with Crippen LogP contribution in [0, 0.1) is 0 Å². The van der Waals surface area contributed by atoms with Crippen molar-refractivity contribution >= 4 is 28.3 Å². The Hall–Kier alpha value is -1.72. The summed E-state index contributed by atoms with van der Waals surface area (Å²) in [6.45, 7) is -0.122. The number of unbranched alkanes of at least 4 members (excludes halogenated alkanes) is 3. The number of thiazole rings is 1. The molecule has 0 aliphatic heterocycles. The molecule has 1 aromatic heterocycles. The predicted molar refractivity (Wildman–Crippen MR) is 80.1 cm³/mol. The fourth-order valence-electron chi connectivity index (χ4n) is 1.68. The van der Waals surface area contributed by atoms with Crippen LogP contribution in [-0.2, 0) is 9.59 Å². The number of aromatic nitrogens is 1. The summed E-state index contributed by atoms with van der Waals surface area (Å²) in [4.78, 5) is 26.5. The van der Waals surface area contributed by atoms with E-state index in [1.54, 1.807) is 11.6 Å². The monoisotopic (exact) mass is 369 g/mol. The third kappa shape index (κ3) is 6.42. The van der Waals surface area contributed by atoms with Gasteiger partial charge in [-0.05, 0) is 12.8 Å². The molecule has 11 heteroatoms. The third-order valence-corrected chi connectivity index (χ3v) is 3.70. The molecule has 0 radical (unpaired) electrons. The largest absolute Gasteiger partial charge is 0.453 e. The number of hydrogen-bond acceptors (Lipinski definition) is 6. The number of nitrogens with zero attached hydrogens (tertiary/aromatic N) is 1. The molecule has 1 aromatic rings. The van der Waals surface area contributed by atoms with Gasteiger partial charge in [-0.25, -0.2) is 4.98 Å². The summed E-state index contributed by atoms with van der Waals surface area (Å²) in [5.41, 5.74) is 0. The maximum atomic E-state index is 12.2. The van der Waals surface area contributed by atoms with Crippen molar-refractivity contribution in [2.75, 3.05) is 11.9 Å². The van der Waals surface area contributed by atoms with Gasteiger partial charge in [0, 0.05) is 24.5 Å². The quantitative estimate of drug-likeness (QED) is 0.388. The Morgan fingerprint density at radius 1 is 1.17 bits per heavy atom. The Kier molecular flexibility index (Phi) is 7.58. The summed E-state index contributed by atoms with van der Waals surface area (Å²) in [5, 5.41) is 24.1. The maximum absolute atomic E-state index is 12.2. The number of alkyl halides is 3. The first kappa shape index (κ1) is 20.3. The number of rotatable bonds is 9. The number of amides is 2. The highest BCUT2D eigenvalue weighted by molar-refractivity contribution is 7.13. The summed E-state index contributed by atoms with van der Waals surface area (Å²) < 4.78 is 36.5. The fraction of sp³-hybridized carbons (Fsp3) is 0.615. The first-order valence-corrected chi connectivity index (χ1v) is 8.01. The van der Waals surface area contributed by atoms with Crippen LogP contribution in [-0.4, -0.2) is 45.5 Å². The van der Waals surface area contributed by atoms with Gasteiger partial charge in [0.15, 0.2) is 5.13 Å². The van der Waals surface area contributed by atoms with E-state index in [4.69, 9.17) is 10.2 Å². The Morgan fingerprint density at radius 2 is 1.83 bits per heavy atom. The summed E-state index contributed by atoms with van der Waals surface area (Å²) in [6.07, 6.45) is -1.45. The highest BCUT2D eigenvalue weighted by Gasteiger charge is 2.58. The van der Waals surface area contributed by atoms with Crippen molar-refractivity contribution in [3.05, 3.63) is 11.6 Å². The minimum absolute atomic E-state index is 0.122. The topological polar surface area (TPSA) is 112 Å². The van der Waals surface area contributed by atoms with Gasteiger partial charge in [-0.2, -0.15) is 13.2 Å². The lowest BCUT2D eigenvalue weighted by Crippen LogP contribution is -2.57. The summed E-state index contributed by atoms with van der Waals surface area (Å²) in [6, 6.07) is 0. The second-order valence-corrected chi connectivity index (χ2v) is 5.87. The lowest BCUT2D eigenvalue weighted by molar-refractivity contribution is -0.328. The van der Waals surface area contributed by atoms with E-state index in [1.807, 2.05) is 5.32 Å². The standard InChI is InChI=1S/C13H18F3N3O4S/c14-13(15,16)12(22,23)10(21)17-6-4-2-1-3-5-9(20)19-11-18-7-8-24-11/h7-8,22-23H,1-6H2,(H,17,21)(H,18,19,20). The Balaban J connectivity index is 2.08. The molecule has 0 saturated heterocycles. The lowest BCUT2D eigenvalue weighted by atomic mass is 10.1. The normalized spacial score (nSPS) is 12.0. The second kappa shape index (κ2) is 8.94. The number of halogens is 3. The van der Waals surface area contributed by atoms with Crippen LogP contribution in [0.2, 0.25) is 0 Å². The smallest absolute Gasteiger partial charge is 0.351 e. The molecule has 24 heavy (non-hydrogen) atoms. The number of carbonyl (C=O) groups excluding carboxylic acids is 2. The van der Waals surface area contributed by atoms with Gasteiger partial charge >= 0.3 is 12.0 Å². The van der Waals surface area contributed by atoms with E-state index in [1.165, 1.54) is 11.3 Å². The zero-order valence-corrected chi connectivity index (χ0v) is 13.4. The van der Waals surface area contributed by atoms with E-state index >= 15 is 0 Å². The van der Waals surface area contributed by atoms with E-state index in [0.29, 0.717) is 30.8 Å². The molecular weight excluding hydrogens is 351 g/mol. The van der Waals surface area contributed by atoms with Gasteiger partial charge in [0.05, 0.1) is 0 Å². The van der Waals surface area contributed by atoms with Gasteiger partial charge < -0.3 is 20.8 Å². The van der Waals surface area contributed by atoms with E-state index in [0.717, 1.165) is 0 Å². The number of hydrogen-bond donors (Lipinski definition) is 4. The van der Waals surface area contributed by atoms with Crippen LogP contribution in [0.4, 0.5) is 18.3 Å². The molecule has 0 aliphatic carbocycles. The van der Waals surface area contributed by atoms with Crippen molar-refractivity contribution in [1.29, 1.82) is 0 Å². The molecule has 0 spiro atoms. The average molecular weight is 369 g/mol. The highest BCUT2D eigenvalue weighted by atomic mass is 32.1. The molecular formula is C13H18F3N3O4S. The molecule has 4 N–H and O–H groups in total. The maximum Gasteiger partial charge on any atom is 0.453 e. The zero-order valence-electron chi connectivity index (χ0n) is 12.6. The molecule has 0 unspecified atom stereocenters. The van der Waals surface area contributed by atoms with Crippen LogP contribution >= 0.6 is 11.3 Å². The van der Waals surface area contributed by atoms with Crippen LogP contribution in [0.25, 0.3) is 0 Å². The molecule has 0 saturated carbocycles. The van der Waals surface area contributed by atoms with Crippen LogP contribution in [0.1, 0.15) is 32.1 Å². The fourth-order valence-corrected chi connectivity index (χ4v) is 2.23. The molecule has 1 heterocycles. The third-order valence-electron chi connectivity index (χ3n) is 3.01. The van der Waals surface area contributed by atoms with Crippen molar-refractivity contribution in [3.8, 4) is 0 Å². The molecule has 0 fully saturated rings. The molecule has 0 bridgehead atoms. The number of nitrogens with one attached hydrogen (secondary N) is 2. The van der Waals surface area contributed by atoms with Crippen molar-refractivity contribution < 1.29 is 33.0 Å². The van der Waals surface area contributed by atoms with Crippen molar-refractivity contribution in [2.24, 2.45) is 0 Å². The van der Waals surface area contributed by atoms with Crippen LogP contribution in [0.15, 0.2) is 11.6 Å². The molecule has 0 atom stereocenters. The van der Waals surface area contributed by atoms with Gasteiger partial charge in [-0.15, -0.1) is 11.3 Å². The number of aliphatic hydroxyl groups is 2. The van der Waals surface area contributed by atoms with Crippen LogP contribution in [0.3, 0.4) is 0 Å². The average Bonchev–Trinajstić information content (AvgIpc) is 2.97. The van der Waals surface area contributed by atoms with Gasteiger partial charge in [-0.1, -0.05) is 12.8 Å². The van der Waals surface area contributed by atoms with Crippen molar-refractivity contribution in [1.82, 2.24) is 10.3 Å². The lowest BCUT2D eigenvalue weighted by Gasteiger charge is -2.22. The highest BCUT2D eigenvalue weighted by Crippen LogP contribution is 2.28. The van der Waals surface area contributed by atoms with Gasteiger partial charge in [0.25, 0.3) is 5.91 Å². The first-order valence-electron chi connectivity index (χ1n) is 7.13. The van der Waals surface area contributed by atoms with Crippen LogP contribution < -0.4 is 10.6 Å². The zero-order chi connectivity index (χ0) is 18.2. The molecule has 1 rings (SSSR count).